The Morgan fingerprint density at radius 1 is 1.11 bits per heavy atom. The maximum Gasteiger partial charge on any atom is 0.276 e. The van der Waals surface area contributed by atoms with Crippen LogP contribution in [0.1, 0.15) is 35.6 Å². The average molecular weight is 364 g/mol. The van der Waals surface area contributed by atoms with E-state index in [0.29, 0.717) is 5.69 Å². The van der Waals surface area contributed by atoms with Crippen LogP contribution >= 0.6 is 0 Å². The highest BCUT2D eigenvalue weighted by Crippen LogP contribution is 2.25. The molecular formula is C19H20N6O2. The molecule has 3 aromatic rings. The Kier molecular flexibility index (Phi) is 4.53. The van der Waals surface area contributed by atoms with E-state index < -0.39 is 0 Å². The Bertz CT molecular complexity index is 1050. The molecule has 0 saturated carbocycles. The SMILES string of the molecule is Cn1nc(C(=O)Nc2cccc(-c3nnc4n3CCCCC4)c2)ccc1=O. The summed E-state index contributed by atoms with van der Waals surface area (Å²) in [5, 5.41) is 15.5. The van der Waals surface area contributed by atoms with Gasteiger partial charge in [-0.1, -0.05) is 18.6 Å². The second kappa shape index (κ2) is 7.14. The number of hydrogen-bond acceptors (Lipinski definition) is 5. The molecule has 0 saturated heterocycles. The van der Waals surface area contributed by atoms with Crippen molar-refractivity contribution in [3.8, 4) is 11.4 Å². The molecule has 1 amide bonds. The van der Waals surface area contributed by atoms with Gasteiger partial charge >= 0.3 is 0 Å². The molecule has 0 atom stereocenters. The van der Waals surface area contributed by atoms with E-state index in [0.717, 1.165) is 47.7 Å². The van der Waals surface area contributed by atoms with Crippen LogP contribution in [0.25, 0.3) is 11.4 Å². The van der Waals surface area contributed by atoms with Gasteiger partial charge in [0.15, 0.2) is 5.82 Å². The Morgan fingerprint density at radius 3 is 2.85 bits per heavy atom. The zero-order valence-corrected chi connectivity index (χ0v) is 15.1. The predicted molar refractivity (Wildman–Crippen MR) is 100 cm³/mol. The minimum atomic E-state index is -0.372. The van der Waals surface area contributed by atoms with Gasteiger partial charge in [-0.05, 0) is 31.0 Å². The first kappa shape index (κ1) is 17.1. The van der Waals surface area contributed by atoms with Crippen molar-refractivity contribution in [3.05, 3.63) is 58.3 Å². The van der Waals surface area contributed by atoms with Gasteiger partial charge in [0.25, 0.3) is 11.5 Å². The van der Waals surface area contributed by atoms with E-state index >= 15 is 0 Å². The third-order valence-corrected chi connectivity index (χ3v) is 4.68. The lowest BCUT2D eigenvalue weighted by Crippen LogP contribution is -2.23. The predicted octanol–water partition coefficient (Wildman–Crippen LogP) is 2.02. The quantitative estimate of drug-likeness (QED) is 0.767. The maximum absolute atomic E-state index is 12.4. The summed E-state index contributed by atoms with van der Waals surface area (Å²) < 4.78 is 3.30. The summed E-state index contributed by atoms with van der Waals surface area (Å²) >= 11 is 0. The summed E-state index contributed by atoms with van der Waals surface area (Å²) in [5.74, 6) is 1.47. The first-order chi connectivity index (χ1) is 13.1. The lowest BCUT2D eigenvalue weighted by molar-refractivity contribution is 0.102. The van der Waals surface area contributed by atoms with Crippen molar-refractivity contribution >= 4 is 11.6 Å². The van der Waals surface area contributed by atoms with Gasteiger partial charge < -0.3 is 9.88 Å². The molecule has 0 fully saturated rings. The molecular weight excluding hydrogens is 344 g/mol. The van der Waals surface area contributed by atoms with Crippen molar-refractivity contribution in [1.29, 1.82) is 0 Å². The molecule has 4 rings (SSSR count). The van der Waals surface area contributed by atoms with E-state index in [1.54, 1.807) is 0 Å². The average Bonchev–Trinajstić information content (AvgIpc) is 2.92. The molecule has 0 aliphatic carbocycles. The molecule has 0 bridgehead atoms. The fraction of sp³-hybridized carbons (Fsp3) is 0.316. The largest absolute Gasteiger partial charge is 0.321 e. The van der Waals surface area contributed by atoms with E-state index in [9.17, 15) is 9.59 Å². The third-order valence-electron chi connectivity index (χ3n) is 4.68. The number of nitrogens with one attached hydrogen (secondary N) is 1. The van der Waals surface area contributed by atoms with Crippen LogP contribution in [0.2, 0.25) is 0 Å². The highest BCUT2D eigenvalue weighted by atomic mass is 16.2. The number of benzene rings is 1. The van der Waals surface area contributed by atoms with E-state index in [1.165, 1.54) is 25.6 Å². The Balaban J connectivity index is 1.60. The zero-order chi connectivity index (χ0) is 18.8. The van der Waals surface area contributed by atoms with Crippen molar-refractivity contribution in [2.75, 3.05) is 5.32 Å². The zero-order valence-electron chi connectivity index (χ0n) is 15.1. The van der Waals surface area contributed by atoms with Crippen molar-refractivity contribution < 1.29 is 4.79 Å². The lowest BCUT2D eigenvalue weighted by atomic mass is 10.2. The molecule has 138 valence electrons. The van der Waals surface area contributed by atoms with Gasteiger partial charge in [0.1, 0.15) is 11.5 Å². The van der Waals surface area contributed by atoms with Crippen molar-refractivity contribution in [2.45, 2.75) is 32.2 Å². The van der Waals surface area contributed by atoms with Crippen LogP contribution in [0.3, 0.4) is 0 Å². The van der Waals surface area contributed by atoms with Crippen LogP contribution in [0.5, 0.6) is 0 Å². The van der Waals surface area contributed by atoms with Crippen LogP contribution < -0.4 is 10.9 Å². The smallest absolute Gasteiger partial charge is 0.276 e. The van der Waals surface area contributed by atoms with E-state index in [4.69, 9.17) is 0 Å². The minimum Gasteiger partial charge on any atom is -0.321 e. The number of anilines is 1. The second-order valence-corrected chi connectivity index (χ2v) is 6.62. The lowest BCUT2D eigenvalue weighted by Gasteiger charge is -2.09. The van der Waals surface area contributed by atoms with Crippen LogP contribution in [0.4, 0.5) is 5.69 Å². The number of rotatable bonds is 3. The van der Waals surface area contributed by atoms with Gasteiger partial charge in [0.05, 0.1) is 0 Å². The second-order valence-electron chi connectivity index (χ2n) is 6.62. The van der Waals surface area contributed by atoms with Gasteiger partial charge in [0.2, 0.25) is 0 Å². The number of amides is 1. The molecule has 8 heteroatoms. The minimum absolute atomic E-state index is 0.179. The number of nitrogens with zero attached hydrogens (tertiary/aromatic N) is 5. The van der Waals surface area contributed by atoms with Crippen LogP contribution in [0, 0.1) is 0 Å². The molecule has 0 spiro atoms. The normalized spacial score (nSPS) is 13.7. The Hall–Kier alpha value is -3.29. The molecule has 1 aromatic carbocycles. The number of carbonyl (C=O) groups is 1. The number of fused-ring (bicyclic) bond motifs is 1. The summed E-state index contributed by atoms with van der Waals surface area (Å²) in [5.41, 5.74) is 1.46. The highest BCUT2D eigenvalue weighted by molar-refractivity contribution is 6.02. The molecule has 3 heterocycles. The molecule has 2 aromatic heterocycles. The summed E-state index contributed by atoms with van der Waals surface area (Å²) in [4.78, 5) is 23.9. The van der Waals surface area contributed by atoms with Crippen LogP contribution in [0.15, 0.2) is 41.2 Å². The topological polar surface area (TPSA) is 94.7 Å². The summed E-state index contributed by atoms with van der Waals surface area (Å²) in [6, 6.07) is 10.3. The van der Waals surface area contributed by atoms with Gasteiger partial charge in [-0.3, -0.25) is 9.59 Å². The molecule has 0 unspecified atom stereocenters. The molecule has 0 radical (unpaired) electrons. The van der Waals surface area contributed by atoms with Gasteiger partial charge in [0, 0.05) is 37.3 Å². The molecule has 1 aliphatic rings. The first-order valence-corrected chi connectivity index (χ1v) is 9.00. The Labute approximate surface area is 155 Å². The third kappa shape index (κ3) is 3.51. The number of carbonyl (C=O) groups excluding carboxylic acids is 1. The van der Waals surface area contributed by atoms with E-state index in [2.05, 4.69) is 25.2 Å². The molecule has 8 nitrogen and oxygen atoms in total. The maximum atomic E-state index is 12.4. The van der Waals surface area contributed by atoms with E-state index in [-0.39, 0.29) is 17.2 Å². The number of hydrogen-bond donors (Lipinski definition) is 1. The summed E-state index contributed by atoms with van der Waals surface area (Å²) in [7, 11) is 1.51. The monoisotopic (exact) mass is 364 g/mol. The first-order valence-electron chi connectivity index (χ1n) is 9.00. The fourth-order valence-electron chi connectivity index (χ4n) is 3.25. The number of aromatic nitrogens is 5. The molecule has 1 N–H and O–H groups in total. The van der Waals surface area contributed by atoms with Crippen molar-refractivity contribution in [2.24, 2.45) is 7.05 Å². The molecule has 27 heavy (non-hydrogen) atoms. The van der Waals surface area contributed by atoms with Gasteiger partial charge in [-0.15, -0.1) is 10.2 Å². The van der Waals surface area contributed by atoms with E-state index in [1.807, 2.05) is 24.3 Å². The number of aryl methyl sites for hydroxylation is 2. The Morgan fingerprint density at radius 2 is 2.00 bits per heavy atom. The van der Waals surface area contributed by atoms with Gasteiger partial charge in [-0.2, -0.15) is 5.10 Å². The van der Waals surface area contributed by atoms with Gasteiger partial charge in [-0.25, -0.2) is 4.68 Å². The van der Waals surface area contributed by atoms with Crippen LogP contribution in [-0.4, -0.2) is 30.5 Å². The molecule has 1 aliphatic heterocycles. The van der Waals surface area contributed by atoms with Crippen molar-refractivity contribution in [3.63, 3.8) is 0 Å². The fourth-order valence-corrected chi connectivity index (χ4v) is 3.25. The van der Waals surface area contributed by atoms with Crippen LogP contribution in [-0.2, 0) is 20.0 Å². The summed E-state index contributed by atoms with van der Waals surface area (Å²) in [6.07, 6.45) is 4.40. The highest BCUT2D eigenvalue weighted by Gasteiger charge is 2.16. The summed E-state index contributed by atoms with van der Waals surface area (Å²) in [6.45, 7) is 0.913. The van der Waals surface area contributed by atoms with Crippen molar-refractivity contribution in [1.82, 2.24) is 24.5 Å². The standard InChI is InChI=1S/C19H20N6O2/c1-24-17(26)10-9-15(23-24)19(27)20-14-7-5-6-13(12-14)18-22-21-16-8-3-2-4-11-25(16)18/h5-7,9-10,12H,2-4,8,11H2,1H3,(H,20,27).